The molecule has 0 radical (unpaired) electrons. The molecule has 1 aliphatic rings. The van der Waals surface area contributed by atoms with E-state index >= 15 is 0 Å². The molecule has 3 nitrogen and oxygen atoms in total. The summed E-state index contributed by atoms with van der Waals surface area (Å²) in [6.45, 7) is 2.47. The lowest BCUT2D eigenvalue weighted by Crippen LogP contribution is -2.22. The lowest BCUT2D eigenvalue weighted by Gasteiger charge is -2.05. The van der Waals surface area contributed by atoms with Gasteiger partial charge in [-0.25, -0.2) is 0 Å². The number of hydrogen-bond donors (Lipinski definition) is 1. The third-order valence-corrected chi connectivity index (χ3v) is 3.30. The van der Waals surface area contributed by atoms with Crippen LogP contribution in [0.1, 0.15) is 30.9 Å². The number of carbonyl (C=O) groups is 1. The largest absolute Gasteiger partial charge is 0.497 e. The maximum absolute atomic E-state index is 11.2. The number of carbonyl (C=O) groups excluding carboxylic acids is 1. The Morgan fingerprint density at radius 2 is 2.28 bits per heavy atom. The van der Waals surface area contributed by atoms with Gasteiger partial charge in [0.15, 0.2) is 0 Å². The van der Waals surface area contributed by atoms with Crippen LogP contribution in [0.5, 0.6) is 5.75 Å². The standard InChI is InChI=1S/C15H19NO2/c1-3-15(17)16-9-8-12-5-4-11-6-7-13(18-2)10-14(11)12/h6-8,10H,3-5,9H2,1-2H3,(H,16,17). The number of nitrogens with one attached hydrogen (secondary N) is 1. The fraction of sp³-hybridized carbons (Fsp3) is 0.400. The van der Waals surface area contributed by atoms with Crippen molar-refractivity contribution in [2.24, 2.45) is 0 Å². The van der Waals surface area contributed by atoms with Crippen LogP contribution >= 0.6 is 0 Å². The van der Waals surface area contributed by atoms with Crippen molar-refractivity contribution in [2.75, 3.05) is 13.7 Å². The summed E-state index contributed by atoms with van der Waals surface area (Å²) in [5, 5.41) is 2.87. The SMILES string of the molecule is CCC(=O)NCC=C1CCc2ccc(OC)cc21. The van der Waals surface area contributed by atoms with Crippen LogP contribution in [0.2, 0.25) is 0 Å². The summed E-state index contributed by atoms with van der Waals surface area (Å²) in [5.74, 6) is 0.981. The average Bonchev–Trinajstić information content (AvgIpc) is 2.81. The van der Waals surface area contributed by atoms with E-state index in [1.54, 1.807) is 7.11 Å². The molecular formula is C15H19NO2. The van der Waals surface area contributed by atoms with Crippen LogP contribution in [-0.4, -0.2) is 19.6 Å². The highest BCUT2D eigenvalue weighted by Crippen LogP contribution is 2.34. The van der Waals surface area contributed by atoms with Crippen LogP contribution in [0, 0.1) is 0 Å². The number of methoxy groups -OCH3 is 1. The van der Waals surface area contributed by atoms with Gasteiger partial charge in [-0.05, 0) is 41.7 Å². The van der Waals surface area contributed by atoms with Crippen LogP contribution in [0.4, 0.5) is 0 Å². The summed E-state index contributed by atoms with van der Waals surface area (Å²) < 4.78 is 5.25. The van der Waals surface area contributed by atoms with Crippen molar-refractivity contribution in [3.05, 3.63) is 35.4 Å². The Balaban J connectivity index is 2.10. The third kappa shape index (κ3) is 2.73. The molecule has 0 saturated heterocycles. The minimum atomic E-state index is 0.0933. The maximum Gasteiger partial charge on any atom is 0.219 e. The van der Waals surface area contributed by atoms with Crippen LogP contribution in [-0.2, 0) is 11.2 Å². The fourth-order valence-electron chi connectivity index (χ4n) is 2.23. The van der Waals surface area contributed by atoms with Gasteiger partial charge in [0.1, 0.15) is 5.75 Å². The Hall–Kier alpha value is -1.77. The number of benzene rings is 1. The van der Waals surface area contributed by atoms with E-state index in [2.05, 4.69) is 23.5 Å². The second-order valence-electron chi connectivity index (χ2n) is 4.41. The van der Waals surface area contributed by atoms with Crippen molar-refractivity contribution < 1.29 is 9.53 Å². The highest BCUT2D eigenvalue weighted by atomic mass is 16.5. The number of hydrogen-bond acceptors (Lipinski definition) is 2. The highest BCUT2D eigenvalue weighted by Gasteiger charge is 2.16. The predicted molar refractivity (Wildman–Crippen MR) is 72.6 cm³/mol. The Bertz CT molecular complexity index is 477. The van der Waals surface area contributed by atoms with Crippen LogP contribution in [0.3, 0.4) is 0 Å². The number of amides is 1. The summed E-state index contributed by atoms with van der Waals surface area (Å²) >= 11 is 0. The third-order valence-electron chi connectivity index (χ3n) is 3.30. The van der Waals surface area contributed by atoms with Crippen LogP contribution in [0.15, 0.2) is 24.3 Å². The topological polar surface area (TPSA) is 38.3 Å². The van der Waals surface area contributed by atoms with Crippen molar-refractivity contribution in [3.63, 3.8) is 0 Å². The van der Waals surface area contributed by atoms with E-state index in [0.29, 0.717) is 13.0 Å². The first-order valence-electron chi connectivity index (χ1n) is 6.37. The van der Waals surface area contributed by atoms with Gasteiger partial charge >= 0.3 is 0 Å². The first-order chi connectivity index (χ1) is 8.74. The van der Waals surface area contributed by atoms with E-state index in [1.807, 2.05) is 13.0 Å². The molecule has 0 spiro atoms. The van der Waals surface area contributed by atoms with E-state index in [9.17, 15) is 4.79 Å². The highest BCUT2D eigenvalue weighted by molar-refractivity contribution is 5.77. The van der Waals surface area contributed by atoms with Crippen molar-refractivity contribution in [3.8, 4) is 5.75 Å². The first kappa shape index (κ1) is 12.7. The molecule has 0 saturated carbocycles. The molecule has 0 atom stereocenters. The van der Waals surface area contributed by atoms with E-state index in [4.69, 9.17) is 4.74 Å². The quantitative estimate of drug-likeness (QED) is 0.885. The molecule has 1 aliphatic carbocycles. The molecule has 3 heteroatoms. The molecule has 1 aromatic carbocycles. The number of allylic oxidation sites excluding steroid dienone is 1. The van der Waals surface area contributed by atoms with Gasteiger partial charge in [0.25, 0.3) is 0 Å². The van der Waals surface area contributed by atoms with Gasteiger partial charge in [-0.3, -0.25) is 4.79 Å². The van der Waals surface area contributed by atoms with Gasteiger partial charge in [-0.1, -0.05) is 19.1 Å². The fourth-order valence-corrected chi connectivity index (χ4v) is 2.23. The Labute approximate surface area is 108 Å². The number of fused-ring (bicyclic) bond motifs is 1. The molecule has 2 rings (SSSR count). The van der Waals surface area contributed by atoms with Crippen molar-refractivity contribution in [1.82, 2.24) is 5.32 Å². The monoisotopic (exact) mass is 245 g/mol. The molecular weight excluding hydrogens is 226 g/mol. The molecule has 0 unspecified atom stereocenters. The zero-order chi connectivity index (χ0) is 13.0. The van der Waals surface area contributed by atoms with Gasteiger partial charge in [0, 0.05) is 13.0 Å². The zero-order valence-corrected chi connectivity index (χ0v) is 11.0. The Morgan fingerprint density at radius 1 is 1.44 bits per heavy atom. The smallest absolute Gasteiger partial charge is 0.219 e. The number of aryl methyl sites for hydroxylation is 1. The molecule has 1 amide bonds. The zero-order valence-electron chi connectivity index (χ0n) is 11.0. The first-order valence-corrected chi connectivity index (χ1v) is 6.37. The van der Waals surface area contributed by atoms with Gasteiger partial charge < -0.3 is 10.1 Å². The molecule has 1 aromatic rings. The van der Waals surface area contributed by atoms with E-state index in [-0.39, 0.29) is 5.91 Å². The van der Waals surface area contributed by atoms with Gasteiger partial charge in [0.2, 0.25) is 5.91 Å². The molecule has 1 N–H and O–H groups in total. The van der Waals surface area contributed by atoms with Crippen molar-refractivity contribution in [1.29, 1.82) is 0 Å². The number of rotatable bonds is 4. The Morgan fingerprint density at radius 3 is 3.00 bits per heavy atom. The molecule has 0 bridgehead atoms. The normalized spacial score (nSPS) is 15.6. The summed E-state index contributed by atoms with van der Waals surface area (Å²) in [4.78, 5) is 11.2. The Kier molecular flexibility index (Phi) is 4.03. The minimum Gasteiger partial charge on any atom is -0.497 e. The predicted octanol–water partition coefficient (Wildman–Crippen LogP) is 2.55. The average molecular weight is 245 g/mol. The minimum absolute atomic E-state index is 0.0933. The molecule has 0 fully saturated rings. The second-order valence-corrected chi connectivity index (χ2v) is 4.41. The summed E-state index contributed by atoms with van der Waals surface area (Å²) in [5.41, 5.74) is 3.93. The maximum atomic E-state index is 11.2. The van der Waals surface area contributed by atoms with Gasteiger partial charge in [0.05, 0.1) is 7.11 Å². The number of ether oxygens (including phenoxy) is 1. The van der Waals surface area contributed by atoms with E-state index in [0.717, 1.165) is 18.6 Å². The van der Waals surface area contributed by atoms with E-state index < -0.39 is 0 Å². The lowest BCUT2D eigenvalue weighted by atomic mass is 10.1. The molecule has 0 heterocycles. The van der Waals surface area contributed by atoms with Crippen molar-refractivity contribution >= 4 is 11.5 Å². The summed E-state index contributed by atoms with van der Waals surface area (Å²) in [7, 11) is 1.68. The van der Waals surface area contributed by atoms with Gasteiger partial charge in [-0.15, -0.1) is 0 Å². The van der Waals surface area contributed by atoms with Crippen LogP contribution < -0.4 is 10.1 Å². The van der Waals surface area contributed by atoms with E-state index in [1.165, 1.54) is 16.7 Å². The second kappa shape index (κ2) is 5.71. The summed E-state index contributed by atoms with van der Waals surface area (Å²) in [6.07, 6.45) is 4.77. The molecule has 96 valence electrons. The van der Waals surface area contributed by atoms with Crippen molar-refractivity contribution in [2.45, 2.75) is 26.2 Å². The molecule has 0 aliphatic heterocycles. The molecule has 0 aromatic heterocycles. The van der Waals surface area contributed by atoms with Gasteiger partial charge in [-0.2, -0.15) is 0 Å². The molecule has 18 heavy (non-hydrogen) atoms. The summed E-state index contributed by atoms with van der Waals surface area (Å²) in [6, 6.07) is 6.20. The van der Waals surface area contributed by atoms with Crippen LogP contribution in [0.25, 0.3) is 5.57 Å². The lowest BCUT2D eigenvalue weighted by molar-refractivity contribution is -0.120.